The van der Waals surface area contributed by atoms with Crippen LogP contribution in [0, 0.1) is 0 Å². The van der Waals surface area contributed by atoms with Crippen molar-refractivity contribution in [1.29, 1.82) is 0 Å². The Morgan fingerprint density at radius 2 is 1.24 bits per heavy atom. The maximum absolute atomic E-state index is 5.56. The zero-order chi connectivity index (χ0) is 20.9. The minimum atomic E-state index is -0.824. The second-order valence-electron chi connectivity index (χ2n) is 6.27. The minimum absolute atomic E-state index is 0.529. The fourth-order valence-corrected chi connectivity index (χ4v) is 3.39. The molecule has 3 rings (SSSR count). The monoisotopic (exact) mass is 395 g/mol. The van der Waals surface area contributed by atoms with Crippen molar-refractivity contribution in [2.45, 2.75) is 5.54 Å². The number of ether oxygens (including phenoxy) is 5. The fraction of sp³-hybridized carbons (Fsp3) is 0.261. The van der Waals surface area contributed by atoms with Crippen molar-refractivity contribution < 1.29 is 23.7 Å². The highest BCUT2D eigenvalue weighted by atomic mass is 16.5. The van der Waals surface area contributed by atoms with Crippen LogP contribution in [0.2, 0.25) is 0 Å². The molecule has 6 nitrogen and oxygen atoms in total. The molecule has 0 saturated heterocycles. The average Bonchev–Trinajstić information content (AvgIpc) is 3.04. The van der Waals surface area contributed by atoms with Gasteiger partial charge in [-0.25, -0.2) is 0 Å². The standard InChI is InChI=1S/C23H25NO5/c1-25-18-10-9-16(13-19(18)26-2)23(11-7-6-8-12-24-23)17-14-20(27-3)22(29-5)21(15-17)28-4/h6-15H,1-5H3. The van der Waals surface area contributed by atoms with Crippen LogP contribution in [0.5, 0.6) is 28.7 Å². The normalized spacial score (nSPS) is 17.6. The first-order valence-electron chi connectivity index (χ1n) is 9.06. The average molecular weight is 395 g/mol. The van der Waals surface area contributed by atoms with Gasteiger partial charge in [-0.2, -0.15) is 0 Å². The molecular formula is C23H25NO5. The van der Waals surface area contributed by atoms with Crippen LogP contribution >= 0.6 is 0 Å². The van der Waals surface area contributed by atoms with Crippen LogP contribution in [0.15, 0.2) is 59.6 Å². The molecule has 0 radical (unpaired) electrons. The first-order valence-corrected chi connectivity index (χ1v) is 9.06. The van der Waals surface area contributed by atoms with Gasteiger partial charge < -0.3 is 23.7 Å². The predicted molar refractivity (Wildman–Crippen MR) is 113 cm³/mol. The van der Waals surface area contributed by atoms with Gasteiger partial charge in [0.2, 0.25) is 5.75 Å². The summed E-state index contributed by atoms with van der Waals surface area (Å²) in [5, 5.41) is 0. The highest BCUT2D eigenvalue weighted by Gasteiger charge is 2.34. The van der Waals surface area contributed by atoms with Crippen molar-refractivity contribution in [2.75, 3.05) is 35.5 Å². The van der Waals surface area contributed by atoms with E-state index in [1.807, 2.05) is 54.6 Å². The predicted octanol–water partition coefficient (Wildman–Crippen LogP) is 4.17. The lowest BCUT2D eigenvalue weighted by Crippen LogP contribution is -2.23. The maximum atomic E-state index is 5.56. The van der Waals surface area contributed by atoms with Crippen LogP contribution in [0.25, 0.3) is 0 Å². The molecule has 1 aliphatic rings. The SMILES string of the molecule is COc1ccc(C2(c3cc(OC)c(OC)c(OC)c3)C=CC=CC=N2)cc1OC. The molecule has 152 valence electrons. The molecule has 2 aromatic rings. The van der Waals surface area contributed by atoms with Crippen LogP contribution in [0.3, 0.4) is 0 Å². The van der Waals surface area contributed by atoms with Gasteiger partial charge in [-0.3, -0.25) is 4.99 Å². The van der Waals surface area contributed by atoms with Crippen molar-refractivity contribution in [1.82, 2.24) is 0 Å². The Hall–Kier alpha value is -3.41. The van der Waals surface area contributed by atoms with E-state index in [-0.39, 0.29) is 0 Å². The van der Waals surface area contributed by atoms with Crippen LogP contribution in [0.4, 0.5) is 0 Å². The van der Waals surface area contributed by atoms with Crippen LogP contribution < -0.4 is 23.7 Å². The van der Waals surface area contributed by atoms with Gasteiger partial charge in [-0.05, 0) is 47.5 Å². The second kappa shape index (κ2) is 8.73. The lowest BCUT2D eigenvalue weighted by Gasteiger charge is -2.29. The van der Waals surface area contributed by atoms with E-state index in [1.54, 1.807) is 41.8 Å². The first kappa shape index (κ1) is 20.3. The fourth-order valence-electron chi connectivity index (χ4n) is 3.39. The smallest absolute Gasteiger partial charge is 0.203 e. The van der Waals surface area contributed by atoms with Crippen molar-refractivity contribution in [3.8, 4) is 28.7 Å². The zero-order valence-electron chi connectivity index (χ0n) is 17.3. The molecule has 1 heterocycles. The summed E-state index contributed by atoms with van der Waals surface area (Å²) in [4.78, 5) is 4.89. The summed E-state index contributed by atoms with van der Waals surface area (Å²) in [6.07, 6.45) is 9.59. The van der Waals surface area contributed by atoms with Crippen molar-refractivity contribution in [2.24, 2.45) is 4.99 Å². The highest BCUT2D eigenvalue weighted by Crippen LogP contribution is 2.46. The van der Waals surface area contributed by atoms with E-state index in [4.69, 9.17) is 28.7 Å². The van der Waals surface area contributed by atoms with Crippen LogP contribution in [0.1, 0.15) is 11.1 Å². The van der Waals surface area contributed by atoms with E-state index in [9.17, 15) is 0 Å². The van der Waals surface area contributed by atoms with E-state index in [0.29, 0.717) is 28.7 Å². The topological polar surface area (TPSA) is 58.5 Å². The van der Waals surface area contributed by atoms with E-state index in [1.165, 1.54) is 0 Å². The Labute approximate surface area is 171 Å². The van der Waals surface area contributed by atoms with Crippen LogP contribution in [-0.2, 0) is 5.54 Å². The van der Waals surface area contributed by atoms with E-state index < -0.39 is 5.54 Å². The molecule has 0 aliphatic carbocycles. The number of benzene rings is 2. The van der Waals surface area contributed by atoms with E-state index >= 15 is 0 Å². The molecule has 2 aromatic carbocycles. The quantitative estimate of drug-likeness (QED) is 0.704. The number of hydrogen-bond donors (Lipinski definition) is 0. The van der Waals surface area contributed by atoms with Crippen LogP contribution in [-0.4, -0.2) is 41.8 Å². The maximum Gasteiger partial charge on any atom is 0.203 e. The summed E-state index contributed by atoms with van der Waals surface area (Å²) in [6.45, 7) is 0. The Morgan fingerprint density at radius 3 is 1.83 bits per heavy atom. The molecular weight excluding hydrogens is 370 g/mol. The lowest BCUT2D eigenvalue weighted by atomic mass is 9.82. The van der Waals surface area contributed by atoms with Gasteiger partial charge >= 0.3 is 0 Å². The Kier molecular flexibility index (Phi) is 6.12. The molecule has 1 unspecified atom stereocenters. The van der Waals surface area contributed by atoms with Gasteiger partial charge in [0, 0.05) is 6.21 Å². The third-order valence-corrected chi connectivity index (χ3v) is 4.85. The first-order chi connectivity index (χ1) is 14.1. The third kappa shape index (κ3) is 3.66. The second-order valence-corrected chi connectivity index (χ2v) is 6.27. The molecule has 0 fully saturated rings. The van der Waals surface area contributed by atoms with Gasteiger partial charge in [0.15, 0.2) is 23.0 Å². The van der Waals surface area contributed by atoms with Gasteiger partial charge in [-0.1, -0.05) is 18.2 Å². The highest BCUT2D eigenvalue weighted by molar-refractivity contribution is 5.75. The molecule has 0 N–H and O–H groups in total. The molecule has 6 heteroatoms. The summed E-state index contributed by atoms with van der Waals surface area (Å²) in [5.74, 6) is 2.92. The van der Waals surface area contributed by atoms with Crippen molar-refractivity contribution >= 4 is 6.21 Å². The number of nitrogens with zero attached hydrogens (tertiary/aromatic N) is 1. The molecule has 29 heavy (non-hydrogen) atoms. The largest absolute Gasteiger partial charge is 0.493 e. The number of rotatable bonds is 7. The minimum Gasteiger partial charge on any atom is -0.493 e. The molecule has 0 amide bonds. The van der Waals surface area contributed by atoms with Crippen molar-refractivity contribution in [3.05, 3.63) is 65.8 Å². The van der Waals surface area contributed by atoms with E-state index in [0.717, 1.165) is 11.1 Å². The summed E-state index contributed by atoms with van der Waals surface area (Å²) < 4.78 is 27.5. The van der Waals surface area contributed by atoms with E-state index in [2.05, 4.69) is 0 Å². The molecule has 0 spiro atoms. The number of methoxy groups -OCH3 is 5. The molecule has 1 atom stereocenters. The third-order valence-electron chi connectivity index (χ3n) is 4.85. The number of hydrogen-bond acceptors (Lipinski definition) is 6. The lowest BCUT2D eigenvalue weighted by molar-refractivity contribution is 0.323. The Balaban J connectivity index is 2.30. The molecule has 0 saturated carbocycles. The van der Waals surface area contributed by atoms with Gasteiger partial charge in [0.1, 0.15) is 5.54 Å². The number of allylic oxidation sites excluding steroid dienone is 3. The Bertz CT molecular complexity index is 921. The number of aliphatic imine (C=N–C) groups is 1. The van der Waals surface area contributed by atoms with Gasteiger partial charge in [0.05, 0.1) is 35.5 Å². The molecule has 1 aliphatic heterocycles. The summed E-state index contributed by atoms with van der Waals surface area (Å²) in [5.41, 5.74) is 0.937. The molecule has 0 bridgehead atoms. The summed E-state index contributed by atoms with van der Waals surface area (Å²) >= 11 is 0. The van der Waals surface area contributed by atoms with Gasteiger partial charge in [-0.15, -0.1) is 0 Å². The van der Waals surface area contributed by atoms with Crippen molar-refractivity contribution in [3.63, 3.8) is 0 Å². The summed E-state index contributed by atoms with van der Waals surface area (Å²) in [6, 6.07) is 9.58. The molecule has 0 aromatic heterocycles. The van der Waals surface area contributed by atoms with Gasteiger partial charge in [0.25, 0.3) is 0 Å². The Morgan fingerprint density at radius 1 is 0.621 bits per heavy atom. The zero-order valence-corrected chi connectivity index (χ0v) is 17.3. The summed E-state index contributed by atoms with van der Waals surface area (Å²) in [7, 11) is 8.00.